The Morgan fingerprint density at radius 2 is 2.06 bits per heavy atom. The van der Waals surface area contributed by atoms with Crippen LogP contribution in [-0.2, 0) is 9.53 Å². The molecule has 0 bridgehead atoms. The molecule has 1 saturated carbocycles. The average Bonchev–Trinajstić information content (AvgIpc) is 2.28. The monoisotopic (exact) mass is 269 g/mol. The highest BCUT2D eigenvalue weighted by Gasteiger charge is 2.34. The summed E-state index contributed by atoms with van der Waals surface area (Å²) >= 11 is 4.51. The average molecular weight is 269 g/mol. The van der Waals surface area contributed by atoms with Crippen molar-refractivity contribution < 1.29 is 9.53 Å². The van der Waals surface area contributed by atoms with E-state index in [4.69, 9.17) is 4.74 Å². The summed E-state index contributed by atoms with van der Waals surface area (Å²) in [7, 11) is 0. The minimum absolute atomic E-state index is 0.0315. The van der Waals surface area contributed by atoms with Crippen molar-refractivity contribution >= 4 is 23.3 Å². The van der Waals surface area contributed by atoms with Crippen molar-refractivity contribution in [3.63, 3.8) is 0 Å². The third-order valence-electron chi connectivity index (χ3n) is 3.82. The van der Waals surface area contributed by atoms with Crippen molar-refractivity contribution in [3.8, 4) is 0 Å². The van der Waals surface area contributed by atoms with Gasteiger partial charge in [-0.2, -0.15) is 0 Å². The van der Waals surface area contributed by atoms with Gasteiger partial charge in [0.2, 0.25) is 0 Å². The number of carbonyl (C=O) groups excluding carboxylic acids is 1. The fourth-order valence-corrected chi connectivity index (χ4v) is 2.79. The zero-order chi connectivity index (χ0) is 13.7. The molecule has 1 rings (SSSR count). The summed E-state index contributed by atoms with van der Waals surface area (Å²) in [6, 6.07) is -0.535. The Kier molecular flexibility index (Phi) is 5.97. The van der Waals surface area contributed by atoms with Crippen LogP contribution in [-0.4, -0.2) is 23.3 Å². The Labute approximate surface area is 115 Å². The Morgan fingerprint density at radius 3 is 2.61 bits per heavy atom. The summed E-state index contributed by atoms with van der Waals surface area (Å²) in [6.45, 7) is 8.30. The summed E-state index contributed by atoms with van der Waals surface area (Å²) < 4.78 is 5.63. The first-order valence-electron chi connectivity index (χ1n) is 6.73. The highest BCUT2D eigenvalue weighted by molar-refractivity contribution is 7.78. The fourth-order valence-electron chi connectivity index (χ4n) is 2.63. The maximum absolute atomic E-state index is 11.9. The van der Waals surface area contributed by atoms with E-state index in [1.165, 1.54) is 6.42 Å². The number of nitrogens with zero attached hydrogens (tertiary/aromatic N) is 1. The first-order chi connectivity index (χ1) is 8.45. The van der Waals surface area contributed by atoms with Crippen molar-refractivity contribution in [1.29, 1.82) is 0 Å². The second-order valence-electron chi connectivity index (χ2n) is 5.70. The second-order valence-corrected chi connectivity index (χ2v) is 5.88. The number of hydrogen-bond donors (Lipinski definition) is 0. The third kappa shape index (κ3) is 4.18. The van der Waals surface area contributed by atoms with Crippen LogP contribution in [0, 0.1) is 17.8 Å². The molecule has 18 heavy (non-hydrogen) atoms. The van der Waals surface area contributed by atoms with Crippen LogP contribution in [0.3, 0.4) is 0 Å². The van der Waals surface area contributed by atoms with Crippen LogP contribution >= 0.6 is 12.2 Å². The minimum Gasteiger partial charge on any atom is -0.460 e. The first-order valence-corrected chi connectivity index (χ1v) is 7.14. The SMILES string of the molecule is CC(C)[C@H]1CC[C@H](C)C[C@@H]1OC(=O)[C@@H](C)N=C=S. The van der Waals surface area contributed by atoms with E-state index in [1.54, 1.807) is 6.92 Å². The quantitative estimate of drug-likeness (QED) is 0.445. The largest absolute Gasteiger partial charge is 0.460 e. The molecule has 0 saturated heterocycles. The molecule has 0 unspecified atom stereocenters. The molecule has 4 atom stereocenters. The smallest absolute Gasteiger partial charge is 0.331 e. The lowest BCUT2D eigenvalue weighted by molar-refractivity contribution is -0.156. The van der Waals surface area contributed by atoms with Gasteiger partial charge < -0.3 is 4.74 Å². The van der Waals surface area contributed by atoms with Crippen LogP contribution < -0.4 is 0 Å². The van der Waals surface area contributed by atoms with Gasteiger partial charge in [0.15, 0.2) is 6.04 Å². The van der Waals surface area contributed by atoms with Gasteiger partial charge in [-0.05, 0) is 49.7 Å². The minimum atomic E-state index is -0.535. The number of esters is 1. The van der Waals surface area contributed by atoms with E-state index in [9.17, 15) is 4.79 Å². The molecule has 0 aromatic carbocycles. The number of carbonyl (C=O) groups is 1. The van der Waals surface area contributed by atoms with Crippen LogP contribution in [0.2, 0.25) is 0 Å². The van der Waals surface area contributed by atoms with E-state index < -0.39 is 6.04 Å². The van der Waals surface area contributed by atoms with Gasteiger partial charge in [0.05, 0.1) is 5.16 Å². The highest BCUT2D eigenvalue weighted by Crippen LogP contribution is 2.35. The van der Waals surface area contributed by atoms with Gasteiger partial charge >= 0.3 is 5.97 Å². The molecule has 1 aliphatic carbocycles. The van der Waals surface area contributed by atoms with Crippen molar-refractivity contribution in [3.05, 3.63) is 0 Å². The molecule has 0 aromatic rings. The van der Waals surface area contributed by atoms with Crippen LogP contribution in [0.25, 0.3) is 0 Å². The number of thiocarbonyl (C=S) groups is 1. The van der Waals surface area contributed by atoms with E-state index in [1.807, 2.05) is 0 Å². The lowest BCUT2D eigenvalue weighted by atomic mass is 9.75. The molecule has 0 heterocycles. The summed E-state index contributed by atoms with van der Waals surface area (Å²) in [5.41, 5.74) is 0. The molecule has 1 aliphatic rings. The predicted octanol–water partition coefficient (Wildman–Crippen LogP) is 3.48. The summed E-state index contributed by atoms with van der Waals surface area (Å²) in [6.07, 6.45) is 3.36. The van der Waals surface area contributed by atoms with Gasteiger partial charge in [0.25, 0.3) is 0 Å². The Bertz CT molecular complexity index is 337. The normalized spacial score (nSPS) is 29.5. The molecule has 3 nitrogen and oxygen atoms in total. The highest BCUT2D eigenvalue weighted by atomic mass is 32.1. The maximum Gasteiger partial charge on any atom is 0.331 e. The van der Waals surface area contributed by atoms with Crippen LogP contribution in [0.15, 0.2) is 4.99 Å². The number of rotatable bonds is 4. The van der Waals surface area contributed by atoms with Gasteiger partial charge in [-0.15, -0.1) is 0 Å². The predicted molar refractivity (Wildman–Crippen MR) is 75.7 cm³/mol. The number of hydrogen-bond acceptors (Lipinski definition) is 4. The Morgan fingerprint density at radius 1 is 1.39 bits per heavy atom. The molecule has 4 heteroatoms. The summed E-state index contributed by atoms with van der Waals surface area (Å²) in [5, 5.41) is 2.24. The van der Waals surface area contributed by atoms with Gasteiger partial charge in [-0.25, -0.2) is 9.79 Å². The Hall–Kier alpha value is -0.730. The molecule has 0 aliphatic heterocycles. The van der Waals surface area contributed by atoms with Crippen molar-refractivity contribution in [1.82, 2.24) is 0 Å². The zero-order valence-electron chi connectivity index (χ0n) is 11.7. The van der Waals surface area contributed by atoms with Crippen LogP contribution in [0.1, 0.15) is 47.0 Å². The summed E-state index contributed by atoms with van der Waals surface area (Å²) in [5.74, 6) is 1.35. The molecule has 1 fully saturated rings. The molecule has 0 N–H and O–H groups in total. The van der Waals surface area contributed by atoms with Crippen molar-refractivity contribution in [2.75, 3.05) is 0 Å². The van der Waals surface area contributed by atoms with E-state index in [-0.39, 0.29) is 12.1 Å². The lowest BCUT2D eigenvalue weighted by Gasteiger charge is -2.36. The molecule has 0 amide bonds. The standard InChI is InChI=1S/C14H23NO2S/c1-9(2)12-6-5-10(3)7-13(12)17-14(16)11(4)15-8-18/h9-13H,5-7H2,1-4H3/t10-,11+,12+,13-/m0/s1. The third-order valence-corrected chi connectivity index (χ3v) is 3.92. The lowest BCUT2D eigenvalue weighted by Crippen LogP contribution is -2.37. The van der Waals surface area contributed by atoms with Crippen LogP contribution in [0.4, 0.5) is 0 Å². The van der Waals surface area contributed by atoms with Crippen LogP contribution in [0.5, 0.6) is 0 Å². The number of isothiocyanates is 1. The Balaban J connectivity index is 2.66. The van der Waals surface area contributed by atoms with Crippen molar-refractivity contribution in [2.24, 2.45) is 22.7 Å². The van der Waals surface area contributed by atoms with E-state index in [0.29, 0.717) is 17.8 Å². The summed E-state index contributed by atoms with van der Waals surface area (Å²) in [4.78, 5) is 15.6. The van der Waals surface area contributed by atoms with Gasteiger partial charge in [0.1, 0.15) is 6.10 Å². The van der Waals surface area contributed by atoms with Crippen molar-refractivity contribution in [2.45, 2.75) is 59.1 Å². The number of aliphatic imine (C=N–C) groups is 1. The van der Waals surface area contributed by atoms with E-state index in [0.717, 1.165) is 12.8 Å². The zero-order valence-corrected chi connectivity index (χ0v) is 12.5. The fraction of sp³-hybridized carbons (Fsp3) is 0.857. The molecular weight excluding hydrogens is 246 g/mol. The second kappa shape index (κ2) is 7.01. The van der Waals surface area contributed by atoms with Gasteiger partial charge in [-0.3, -0.25) is 0 Å². The molecule has 0 spiro atoms. The van der Waals surface area contributed by atoms with E-state index in [2.05, 4.69) is 43.1 Å². The molecular formula is C14H23NO2S. The first kappa shape index (κ1) is 15.3. The number of ether oxygens (including phenoxy) is 1. The molecule has 0 aromatic heterocycles. The van der Waals surface area contributed by atoms with E-state index >= 15 is 0 Å². The van der Waals surface area contributed by atoms with Gasteiger partial charge in [-0.1, -0.05) is 27.2 Å². The topological polar surface area (TPSA) is 38.7 Å². The molecule has 0 radical (unpaired) electrons. The van der Waals surface area contributed by atoms with Gasteiger partial charge in [0, 0.05) is 0 Å². The molecule has 102 valence electrons. The maximum atomic E-state index is 11.9.